The molecule has 38 heavy (non-hydrogen) atoms. The molecular weight excluding hydrogens is 480 g/mol. The van der Waals surface area contributed by atoms with E-state index in [-0.39, 0.29) is 12.7 Å². The molecule has 0 spiro atoms. The number of carbonyl (C=O) groups excluding carboxylic acids is 1. The van der Waals surface area contributed by atoms with Crippen molar-refractivity contribution < 1.29 is 14.3 Å². The summed E-state index contributed by atoms with van der Waals surface area (Å²) in [5.74, 6) is 2.83. The van der Waals surface area contributed by atoms with E-state index in [1.165, 1.54) is 5.56 Å². The number of rotatable bonds is 3. The topological polar surface area (TPSA) is 85.1 Å². The molecule has 2 aromatic heterocycles. The van der Waals surface area contributed by atoms with Crippen LogP contribution in [0, 0.1) is 6.92 Å². The van der Waals surface area contributed by atoms with Gasteiger partial charge in [-0.2, -0.15) is 0 Å². The van der Waals surface area contributed by atoms with Crippen LogP contribution < -0.4 is 14.4 Å². The van der Waals surface area contributed by atoms with Crippen molar-refractivity contribution >= 4 is 28.4 Å². The van der Waals surface area contributed by atoms with Crippen molar-refractivity contribution in [3.05, 3.63) is 77.9 Å². The van der Waals surface area contributed by atoms with Crippen molar-refractivity contribution in [2.75, 3.05) is 37.9 Å². The third-order valence-corrected chi connectivity index (χ3v) is 7.22. The van der Waals surface area contributed by atoms with Crippen LogP contribution in [0.25, 0.3) is 27.9 Å². The van der Waals surface area contributed by atoms with Crippen LogP contribution in [0.2, 0.25) is 0 Å². The van der Waals surface area contributed by atoms with Gasteiger partial charge in [0.05, 0.1) is 5.52 Å². The number of carbonyl (C=O) groups is 1. The van der Waals surface area contributed by atoms with Crippen LogP contribution in [0.15, 0.2) is 66.7 Å². The second-order valence-electron chi connectivity index (χ2n) is 9.68. The normalized spacial score (nSPS) is 15.3. The van der Waals surface area contributed by atoms with Gasteiger partial charge in [0.1, 0.15) is 0 Å². The SMILES string of the molecule is Cc1ccc(-c2nnc3c4ccccc4nc(N4CCCN(C(=O)c5ccc6c(c5)OCO6)CC4)n23)cc1. The molecule has 0 atom stereocenters. The highest BCUT2D eigenvalue weighted by Crippen LogP contribution is 2.33. The summed E-state index contributed by atoms with van der Waals surface area (Å²) in [6.45, 7) is 4.89. The molecule has 0 bridgehead atoms. The Morgan fingerprint density at radius 1 is 0.868 bits per heavy atom. The number of ether oxygens (including phenoxy) is 2. The molecule has 0 N–H and O–H groups in total. The maximum absolute atomic E-state index is 13.4. The molecule has 1 fully saturated rings. The predicted octanol–water partition coefficient (Wildman–Crippen LogP) is 4.33. The largest absolute Gasteiger partial charge is 0.454 e. The van der Waals surface area contributed by atoms with Crippen molar-refractivity contribution in [3.8, 4) is 22.9 Å². The molecule has 5 aromatic rings. The Balaban J connectivity index is 1.24. The van der Waals surface area contributed by atoms with Crippen LogP contribution in [0.5, 0.6) is 11.5 Å². The Bertz CT molecular complexity index is 1680. The molecule has 4 heterocycles. The fourth-order valence-electron chi connectivity index (χ4n) is 5.20. The number of hydrogen-bond donors (Lipinski definition) is 0. The van der Waals surface area contributed by atoms with Crippen molar-refractivity contribution in [1.82, 2.24) is 24.5 Å². The first-order chi connectivity index (χ1) is 18.7. The molecule has 0 radical (unpaired) electrons. The Hall–Kier alpha value is -4.66. The summed E-state index contributed by atoms with van der Waals surface area (Å²) in [7, 11) is 0. The molecule has 9 nitrogen and oxygen atoms in total. The minimum Gasteiger partial charge on any atom is -0.454 e. The molecule has 9 heteroatoms. The van der Waals surface area contributed by atoms with Crippen LogP contribution in [0.1, 0.15) is 22.3 Å². The van der Waals surface area contributed by atoms with Gasteiger partial charge in [0.15, 0.2) is 23.0 Å². The minimum absolute atomic E-state index is 0.00795. The van der Waals surface area contributed by atoms with Gasteiger partial charge in [-0.25, -0.2) is 9.38 Å². The number of fused-ring (bicyclic) bond motifs is 4. The molecule has 190 valence electrons. The number of anilines is 1. The summed E-state index contributed by atoms with van der Waals surface area (Å²) in [5.41, 5.74) is 4.42. The smallest absolute Gasteiger partial charge is 0.254 e. The monoisotopic (exact) mass is 506 g/mol. The maximum atomic E-state index is 13.4. The van der Waals surface area contributed by atoms with Gasteiger partial charge in [0, 0.05) is 42.7 Å². The Morgan fingerprint density at radius 3 is 2.61 bits per heavy atom. The quantitative estimate of drug-likeness (QED) is 0.360. The number of aromatic nitrogens is 4. The third kappa shape index (κ3) is 3.78. The molecule has 2 aliphatic heterocycles. The fraction of sp³-hybridized carbons (Fsp3) is 0.241. The standard InChI is InChI=1S/C29H26N6O3/c1-19-7-9-20(10-8-19)26-31-32-27-22-5-2-3-6-23(22)30-29(35(26)27)34-14-4-13-33(15-16-34)28(36)21-11-12-24-25(17-21)38-18-37-24/h2-3,5-12,17H,4,13-16,18H2,1H3. The zero-order valence-electron chi connectivity index (χ0n) is 21.0. The van der Waals surface area contributed by atoms with E-state index in [4.69, 9.17) is 14.5 Å². The molecule has 3 aromatic carbocycles. The van der Waals surface area contributed by atoms with Gasteiger partial charge < -0.3 is 19.3 Å². The van der Waals surface area contributed by atoms with Crippen molar-refractivity contribution in [2.24, 2.45) is 0 Å². The summed E-state index contributed by atoms with van der Waals surface area (Å²) in [4.78, 5) is 22.6. The average Bonchev–Trinajstić information content (AvgIpc) is 3.54. The highest BCUT2D eigenvalue weighted by molar-refractivity contribution is 5.95. The second-order valence-corrected chi connectivity index (χ2v) is 9.68. The van der Waals surface area contributed by atoms with E-state index in [0.717, 1.165) is 46.9 Å². The summed E-state index contributed by atoms with van der Waals surface area (Å²) in [6.07, 6.45) is 0.814. The highest BCUT2D eigenvalue weighted by atomic mass is 16.7. The van der Waals surface area contributed by atoms with Gasteiger partial charge in [-0.05, 0) is 43.7 Å². The molecular formula is C29H26N6O3. The van der Waals surface area contributed by atoms with Gasteiger partial charge in [-0.3, -0.25) is 4.79 Å². The zero-order valence-corrected chi connectivity index (χ0v) is 21.0. The number of benzene rings is 3. The average molecular weight is 507 g/mol. The maximum Gasteiger partial charge on any atom is 0.254 e. The zero-order chi connectivity index (χ0) is 25.6. The van der Waals surface area contributed by atoms with Crippen molar-refractivity contribution in [1.29, 1.82) is 0 Å². The lowest BCUT2D eigenvalue weighted by molar-refractivity contribution is 0.0766. The van der Waals surface area contributed by atoms with Crippen LogP contribution in [-0.2, 0) is 0 Å². The van der Waals surface area contributed by atoms with Gasteiger partial charge in [-0.15, -0.1) is 10.2 Å². The number of para-hydroxylation sites is 1. The first kappa shape index (κ1) is 22.5. The van der Waals surface area contributed by atoms with Crippen LogP contribution in [0.4, 0.5) is 5.95 Å². The molecule has 1 saturated heterocycles. The summed E-state index contributed by atoms with van der Waals surface area (Å²) < 4.78 is 12.9. The highest BCUT2D eigenvalue weighted by Gasteiger charge is 2.26. The lowest BCUT2D eigenvalue weighted by atomic mass is 10.1. The van der Waals surface area contributed by atoms with E-state index < -0.39 is 0 Å². The van der Waals surface area contributed by atoms with Gasteiger partial charge in [0.2, 0.25) is 12.7 Å². The van der Waals surface area contributed by atoms with E-state index in [9.17, 15) is 4.79 Å². The molecule has 0 unspecified atom stereocenters. The number of nitrogens with zero attached hydrogens (tertiary/aromatic N) is 6. The van der Waals surface area contributed by atoms with E-state index >= 15 is 0 Å². The van der Waals surface area contributed by atoms with Gasteiger partial charge in [-0.1, -0.05) is 42.0 Å². The molecule has 7 rings (SSSR count). The lowest BCUT2D eigenvalue weighted by Crippen LogP contribution is -2.36. The van der Waals surface area contributed by atoms with E-state index in [1.54, 1.807) is 18.2 Å². The fourth-order valence-corrected chi connectivity index (χ4v) is 5.20. The number of hydrogen-bond acceptors (Lipinski definition) is 7. The van der Waals surface area contributed by atoms with Crippen molar-refractivity contribution in [3.63, 3.8) is 0 Å². The van der Waals surface area contributed by atoms with Gasteiger partial charge >= 0.3 is 0 Å². The Morgan fingerprint density at radius 2 is 1.71 bits per heavy atom. The molecule has 0 aliphatic carbocycles. The van der Waals surface area contributed by atoms with Gasteiger partial charge in [0.25, 0.3) is 5.91 Å². The van der Waals surface area contributed by atoms with Crippen molar-refractivity contribution in [2.45, 2.75) is 13.3 Å². The molecule has 2 aliphatic rings. The summed E-state index contributed by atoms with van der Waals surface area (Å²) >= 11 is 0. The second kappa shape index (κ2) is 9.02. The molecule has 1 amide bonds. The van der Waals surface area contributed by atoms with Crippen LogP contribution in [0.3, 0.4) is 0 Å². The van der Waals surface area contributed by atoms with E-state index in [2.05, 4.69) is 50.7 Å². The Labute approximate surface area is 219 Å². The number of aryl methyl sites for hydroxylation is 1. The first-order valence-electron chi connectivity index (χ1n) is 12.8. The number of amides is 1. The minimum atomic E-state index is -0.00795. The summed E-state index contributed by atoms with van der Waals surface area (Å²) in [6, 6.07) is 21.7. The van der Waals surface area contributed by atoms with Crippen LogP contribution in [-0.4, -0.2) is 63.4 Å². The predicted molar refractivity (Wildman–Crippen MR) is 144 cm³/mol. The molecule has 0 saturated carbocycles. The van der Waals surface area contributed by atoms with Crippen LogP contribution >= 0.6 is 0 Å². The van der Waals surface area contributed by atoms with E-state index in [1.807, 2.05) is 29.2 Å². The lowest BCUT2D eigenvalue weighted by Gasteiger charge is -2.24. The summed E-state index contributed by atoms with van der Waals surface area (Å²) in [5, 5.41) is 10.1. The third-order valence-electron chi connectivity index (χ3n) is 7.22. The first-order valence-corrected chi connectivity index (χ1v) is 12.8. The Kier molecular flexibility index (Phi) is 5.35. The van der Waals surface area contributed by atoms with E-state index in [0.29, 0.717) is 36.7 Å².